The molecule has 0 atom stereocenters. The Balaban J connectivity index is 1.69. The summed E-state index contributed by atoms with van der Waals surface area (Å²) in [5, 5.41) is 4.73. The zero-order valence-corrected chi connectivity index (χ0v) is 16.2. The van der Waals surface area contributed by atoms with Crippen LogP contribution >= 0.6 is 0 Å². The van der Waals surface area contributed by atoms with Crippen LogP contribution in [0.25, 0.3) is 11.3 Å². The zero-order chi connectivity index (χ0) is 22.6. The van der Waals surface area contributed by atoms with E-state index in [-0.39, 0.29) is 41.4 Å². The van der Waals surface area contributed by atoms with E-state index in [0.29, 0.717) is 0 Å². The summed E-state index contributed by atoms with van der Waals surface area (Å²) in [4.78, 5) is 27.6. The molecule has 0 unspecified atom stereocenters. The standard InChI is InChI=1S/C21H17F4N3O3/c1-12(29)27-16-7-6-13(21(23,24)25)10-17(16)28-19(30)8-9-20-26-11-18(31-20)14-4-2-3-5-15(14)22/h2-7,10-11H,8-9H2,1H3,(H,27,29)(H,28,30). The fourth-order valence-electron chi connectivity index (χ4n) is 2.77. The first-order chi connectivity index (χ1) is 14.6. The van der Waals surface area contributed by atoms with Crippen molar-refractivity contribution >= 4 is 23.2 Å². The van der Waals surface area contributed by atoms with Crippen LogP contribution in [0.3, 0.4) is 0 Å². The minimum Gasteiger partial charge on any atom is -0.441 e. The average Bonchev–Trinajstić information content (AvgIpc) is 3.15. The number of carbonyl (C=O) groups is 2. The van der Waals surface area contributed by atoms with Gasteiger partial charge in [0.2, 0.25) is 11.8 Å². The number of hydrogen-bond donors (Lipinski definition) is 2. The van der Waals surface area contributed by atoms with E-state index in [2.05, 4.69) is 15.6 Å². The van der Waals surface area contributed by atoms with E-state index in [1.54, 1.807) is 6.07 Å². The highest BCUT2D eigenvalue weighted by molar-refractivity contribution is 5.99. The molecular weight excluding hydrogens is 418 g/mol. The number of rotatable bonds is 6. The predicted octanol–water partition coefficient (Wildman–Crippen LogP) is 5.03. The summed E-state index contributed by atoms with van der Waals surface area (Å²) in [7, 11) is 0. The monoisotopic (exact) mass is 435 g/mol. The number of amides is 2. The van der Waals surface area contributed by atoms with Crippen molar-refractivity contribution in [3.8, 4) is 11.3 Å². The number of hydrogen-bond acceptors (Lipinski definition) is 4. The summed E-state index contributed by atoms with van der Waals surface area (Å²) >= 11 is 0. The van der Waals surface area contributed by atoms with E-state index in [9.17, 15) is 27.2 Å². The number of halogens is 4. The van der Waals surface area contributed by atoms with Crippen LogP contribution in [0.2, 0.25) is 0 Å². The van der Waals surface area contributed by atoms with Gasteiger partial charge in [0.25, 0.3) is 0 Å². The lowest BCUT2D eigenvalue weighted by molar-refractivity contribution is -0.137. The van der Waals surface area contributed by atoms with Gasteiger partial charge in [-0.05, 0) is 30.3 Å². The van der Waals surface area contributed by atoms with Crippen molar-refractivity contribution in [2.45, 2.75) is 25.9 Å². The molecule has 0 saturated heterocycles. The third kappa shape index (κ3) is 5.68. The third-order valence-electron chi connectivity index (χ3n) is 4.19. The lowest BCUT2D eigenvalue weighted by Crippen LogP contribution is -2.17. The molecule has 0 bridgehead atoms. The SMILES string of the molecule is CC(=O)Nc1ccc(C(F)(F)F)cc1NC(=O)CCc1ncc(-c2ccccc2F)o1. The molecule has 31 heavy (non-hydrogen) atoms. The van der Waals surface area contributed by atoms with Crippen molar-refractivity contribution in [3.63, 3.8) is 0 Å². The van der Waals surface area contributed by atoms with E-state index in [4.69, 9.17) is 4.42 Å². The molecular formula is C21H17F4N3O3. The number of nitrogens with zero attached hydrogens (tertiary/aromatic N) is 1. The highest BCUT2D eigenvalue weighted by Gasteiger charge is 2.31. The van der Waals surface area contributed by atoms with Gasteiger partial charge in [-0.2, -0.15) is 13.2 Å². The van der Waals surface area contributed by atoms with Gasteiger partial charge >= 0.3 is 6.18 Å². The number of aryl methyl sites for hydroxylation is 1. The molecule has 6 nitrogen and oxygen atoms in total. The Hall–Kier alpha value is -3.69. The zero-order valence-electron chi connectivity index (χ0n) is 16.2. The Morgan fingerprint density at radius 1 is 1.06 bits per heavy atom. The smallest absolute Gasteiger partial charge is 0.416 e. The van der Waals surface area contributed by atoms with Gasteiger partial charge in [-0.25, -0.2) is 9.37 Å². The van der Waals surface area contributed by atoms with Gasteiger partial charge in [-0.15, -0.1) is 0 Å². The van der Waals surface area contributed by atoms with Crippen LogP contribution in [0.5, 0.6) is 0 Å². The second-order valence-electron chi connectivity index (χ2n) is 6.59. The Morgan fingerprint density at radius 2 is 1.81 bits per heavy atom. The van der Waals surface area contributed by atoms with Crippen molar-refractivity contribution in [2.24, 2.45) is 0 Å². The van der Waals surface area contributed by atoms with E-state index in [1.807, 2.05) is 0 Å². The molecule has 0 radical (unpaired) electrons. The number of alkyl halides is 3. The summed E-state index contributed by atoms with van der Waals surface area (Å²) in [6.07, 6.45) is -3.41. The molecule has 0 fully saturated rings. The van der Waals surface area contributed by atoms with Gasteiger partial charge in [-0.3, -0.25) is 9.59 Å². The molecule has 3 aromatic rings. The van der Waals surface area contributed by atoms with Crippen LogP contribution < -0.4 is 10.6 Å². The minimum absolute atomic E-state index is 0.0341. The minimum atomic E-state index is -4.62. The summed E-state index contributed by atoms with van der Waals surface area (Å²) in [5.41, 5.74) is -0.907. The molecule has 2 aromatic carbocycles. The Kier molecular flexibility index (Phi) is 6.38. The van der Waals surface area contributed by atoms with Crippen molar-refractivity contribution in [2.75, 3.05) is 10.6 Å². The van der Waals surface area contributed by atoms with Crippen LogP contribution in [0.1, 0.15) is 24.8 Å². The fourth-order valence-corrected chi connectivity index (χ4v) is 2.77. The van der Waals surface area contributed by atoms with Gasteiger partial charge in [0.05, 0.1) is 28.7 Å². The summed E-state index contributed by atoms with van der Waals surface area (Å²) in [5.74, 6) is -1.25. The topological polar surface area (TPSA) is 84.2 Å². The maximum atomic E-state index is 13.8. The van der Waals surface area contributed by atoms with Crippen LogP contribution in [-0.2, 0) is 22.2 Å². The normalized spacial score (nSPS) is 11.3. The summed E-state index contributed by atoms with van der Waals surface area (Å²) < 4.78 is 58.3. The third-order valence-corrected chi connectivity index (χ3v) is 4.19. The van der Waals surface area contributed by atoms with Crippen LogP contribution in [0.4, 0.5) is 28.9 Å². The number of nitrogens with one attached hydrogen (secondary N) is 2. The number of carbonyl (C=O) groups excluding carboxylic acids is 2. The first-order valence-electron chi connectivity index (χ1n) is 9.12. The van der Waals surface area contributed by atoms with Gasteiger partial charge in [0.1, 0.15) is 5.82 Å². The fraction of sp³-hybridized carbons (Fsp3) is 0.190. The van der Waals surface area contributed by atoms with Crippen LogP contribution in [-0.4, -0.2) is 16.8 Å². The highest BCUT2D eigenvalue weighted by Crippen LogP contribution is 2.34. The van der Waals surface area contributed by atoms with Crippen molar-refractivity contribution < 1.29 is 31.6 Å². The van der Waals surface area contributed by atoms with E-state index in [0.717, 1.165) is 18.2 Å². The second kappa shape index (κ2) is 8.99. The molecule has 0 aliphatic carbocycles. The first-order valence-corrected chi connectivity index (χ1v) is 9.12. The molecule has 2 amide bonds. The van der Waals surface area contributed by atoms with Crippen molar-refractivity contribution in [1.82, 2.24) is 4.98 Å². The first kappa shape index (κ1) is 22.0. The second-order valence-corrected chi connectivity index (χ2v) is 6.59. The Bertz CT molecular complexity index is 1110. The molecule has 0 aliphatic rings. The maximum absolute atomic E-state index is 13.8. The Labute approximate surface area is 174 Å². The van der Waals surface area contributed by atoms with Crippen molar-refractivity contribution in [1.29, 1.82) is 0 Å². The molecule has 3 rings (SSSR count). The molecule has 0 spiro atoms. The lowest BCUT2D eigenvalue weighted by atomic mass is 10.1. The van der Waals surface area contributed by atoms with Gasteiger partial charge in [-0.1, -0.05) is 12.1 Å². The number of aromatic nitrogens is 1. The van der Waals surface area contributed by atoms with Gasteiger partial charge in [0, 0.05) is 19.8 Å². The molecule has 10 heteroatoms. The molecule has 0 aliphatic heterocycles. The average molecular weight is 435 g/mol. The number of anilines is 2. The lowest BCUT2D eigenvalue weighted by Gasteiger charge is -2.14. The molecule has 162 valence electrons. The van der Waals surface area contributed by atoms with E-state index >= 15 is 0 Å². The van der Waals surface area contributed by atoms with E-state index in [1.165, 1.54) is 31.3 Å². The largest absolute Gasteiger partial charge is 0.441 e. The summed E-state index contributed by atoms with van der Waals surface area (Å²) in [6.45, 7) is 1.19. The predicted molar refractivity (Wildman–Crippen MR) is 105 cm³/mol. The van der Waals surface area contributed by atoms with Gasteiger partial charge in [0.15, 0.2) is 11.7 Å². The quantitative estimate of drug-likeness (QED) is 0.532. The van der Waals surface area contributed by atoms with E-state index < -0.39 is 29.4 Å². The molecule has 1 heterocycles. The molecule has 2 N–H and O–H groups in total. The van der Waals surface area contributed by atoms with Crippen LogP contribution in [0.15, 0.2) is 53.1 Å². The van der Waals surface area contributed by atoms with Gasteiger partial charge < -0.3 is 15.1 Å². The number of benzene rings is 2. The maximum Gasteiger partial charge on any atom is 0.416 e. The van der Waals surface area contributed by atoms with Crippen LogP contribution in [0, 0.1) is 5.82 Å². The summed E-state index contributed by atoms with van der Waals surface area (Å²) in [6, 6.07) is 8.56. The highest BCUT2D eigenvalue weighted by atomic mass is 19.4. The number of oxazole rings is 1. The Morgan fingerprint density at radius 3 is 2.48 bits per heavy atom. The molecule has 1 aromatic heterocycles. The molecule has 0 saturated carbocycles. The van der Waals surface area contributed by atoms with Crippen molar-refractivity contribution in [3.05, 3.63) is 65.9 Å².